The van der Waals surface area contributed by atoms with Crippen LogP contribution in [0.3, 0.4) is 0 Å². The molecule has 7 nitrogen and oxygen atoms in total. The molecular formula is C22H26O7. The number of hydrogen-bond donors (Lipinski definition) is 1. The summed E-state index contributed by atoms with van der Waals surface area (Å²) in [5.41, 5.74) is 0.108. The highest BCUT2D eigenvalue weighted by Gasteiger charge is 2.54. The SMILES string of the molecule is COc1ccc(COC[C@H]2OC(=O)[C@@](C)(O)[C@@H]2OCc2ccc(OC)cc2)cc1. The van der Waals surface area contributed by atoms with Crippen LogP contribution in [0, 0.1) is 0 Å². The number of esters is 1. The first kappa shape index (κ1) is 21.1. The number of methoxy groups -OCH3 is 2. The molecule has 0 radical (unpaired) electrons. The summed E-state index contributed by atoms with van der Waals surface area (Å²) in [4.78, 5) is 12.1. The molecule has 0 spiro atoms. The lowest BCUT2D eigenvalue weighted by molar-refractivity contribution is -0.156. The second-order valence-corrected chi connectivity index (χ2v) is 7.03. The second kappa shape index (κ2) is 9.26. The Morgan fingerprint density at radius 1 is 0.931 bits per heavy atom. The Balaban J connectivity index is 1.57. The fourth-order valence-electron chi connectivity index (χ4n) is 3.11. The van der Waals surface area contributed by atoms with Gasteiger partial charge in [0.05, 0.1) is 34.0 Å². The summed E-state index contributed by atoms with van der Waals surface area (Å²) in [5, 5.41) is 10.5. The minimum atomic E-state index is -1.74. The number of aliphatic hydroxyl groups is 1. The summed E-state index contributed by atoms with van der Waals surface area (Å²) < 4.78 is 27.1. The van der Waals surface area contributed by atoms with Gasteiger partial charge in [-0.25, -0.2) is 4.79 Å². The third-order valence-corrected chi connectivity index (χ3v) is 4.86. The number of benzene rings is 2. The number of cyclic esters (lactones) is 1. The molecule has 1 N–H and O–H groups in total. The van der Waals surface area contributed by atoms with Gasteiger partial charge in [-0.3, -0.25) is 0 Å². The van der Waals surface area contributed by atoms with Crippen LogP contribution < -0.4 is 9.47 Å². The predicted molar refractivity (Wildman–Crippen MR) is 105 cm³/mol. The van der Waals surface area contributed by atoms with Crippen molar-refractivity contribution in [1.29, 1.82) is 0 Å². The van der Waals surface area contributed by atoms with Crippen LogP contribution in [0.5, 0.6) is 11.5 Å². The van der Waals surface area contributed by atoms with E-state index in [1.54, 1.807) is 14.2 Å². The van der Waals surface area contributed by atoms with Gasteiger partial charge < -0.3 is 28.8 Å². The van der Waals surface area contributed by atoms with Crippen LogP contribution in [0.2, 0.25) is 0 Å². The average molecular weight is 402 g/mol. The molecule has 1 saturated heterocycles. The monoisotopic (exact) mass is 402 g/mol. The van der Waals surface area contributed by atoms with Crippen molar-refractivity contribution in [2.45, 2.75) is 37.9 Å². The lowest BCUT2D eigenvalue weighted by Crippen LogP contribution is -2.46. The van der Waals surface area contributed by atoms with Gasteiger partial charge >= 0.3 is 5.97 Å². The normalized spacial score (nSPS) is 23.7. The van der Waals surface area contributed by atoms with E-state index in [1.165, 1.54) is 6.92 Å². The average Bonchev–Trinajstić information content (AvgIpc) is 2.95. The Hall–Kier alpha value is -2.61. The number of ether oxygens (including phenoxy) is 5. The molecule has 0 aromatic heterocycles. The first-order chi connectivity index (χ1) is 13.9. The molecular weight excluding hydrogens is 376 g/mol. The molecule has 2 aromatic rings. The zero-order valence-corrected chi connectivity index (χ0v) is 16.8. The van der Waals surface area contributed by atoms with Crippen molar-refractivity contribution < 1.29 is 33.6 Å². The highest BCUT2D eigenvalue weighted by molar-refractivity contribution is 5.82. The first-order valence-electron chi connectivity index (χ1n) is 9.32. The van der Waals surface area contributed by atoms with Gasteiger partial charge in [0.25, 0.3) is 0 Å². The van der Waals surface area contributed by atoms with Crippen molar-refractivity contribution in [3.05, 3.63) is 59.7 Å². The van der Waals surface area contributed by atoms with E-state index in [1.807, 2.05) is 48.5 Å². The molecule has 0 aliphatic carbocycles. The molecule has 7 heteroatoms. The van der Waals surface area contributed by atoms with Crippen molar-refractivity contribution >= 4 is 5.97 Å². The molecule has 156 valence electrons. The minimum absolute atomic E-state index is 0.112. The highest BCUT2D eigenvalue weighted by Crippen LogP contribution is 2.30. The fourth-order valence-corrected chi connectivity index (χ4v) is 3.11. The van der Waals surface area contributed by atoms with Gasteiger partial charge in [0.15, 0.2) is 11.7 Å². The largest absolute Gasteiger partial charge is 0.497 e. The van der Waals surface area contributed by atoms with E-state index in [-0.39, 0.29) is 13.2 Å². The number of hydrogen-bond acceptors (Lipinski definition) is 7. The van der Waals surface area contributed by atoms with E-state index in [0.29, 0.717) is 6.61 Å². The number of carbonyl (C=O) groups is 1. The summed E-state index contributed by atoms with van der Waals surface area (Å²) in [7, 11) is 3.21. The molecule has 0 bridgehead atoms. The number of carbonyl (C=O) groups excluding carboxylic acids is 1. The molecule has 0 saturated carbocycles. The molecule has 29 heavy (non-hydrogen) atoms. The van der Waals surface area contributed by atoms with Crippen LogP contribution in [0.25, 0.3) is 0 Å². The zero-order valence-electron chi connectivity index (χ0n) is 16.8. The van der Waals surface area contributed by atoms with Gasteiger partial charge in [-0.15, -0.1) is 0 Å². The Labute approximate surface area is 170 Å². The Morgan fingerprint density at radius 2 is 1.45 bits per heavy atom. The summed E-state index contributed by atoms with van der Waals surface area (Å²) in [6, 6.07) is 14.9. The Morgan fingerprint density at radius 3 is 1.97 bits per heavy atom. The van der Waals surface area contributed by atoms with Crippen LogP contribution in [-0.2, 0) is 32.2 Å². The van der Waals surface area contributed by atoms with Crippen LogP contribution >= 0.6 is 0 Å². The van der Waals surface area contributed by atoms with E-state index >= 15 is 0 Å². The highest BCUT2D eigenvalue weighted by atomic mass is 16.6. The van der Waals surface area contributed by atoms with Crippen molar-refractivity contribution in [2.24, 2.45) is 0 Å². The quantitative estimate of drug-likeness (QED) is 0.645. The van der Waals surface area contributed by atoms with E-state index in [2.05, 4.69) is 0 Å². The fraction of sp³-hybridized carbons (Fsp3) is 0.409. The summed E-state index contributed by atoms with van der Waals surface area (Å²) in [5.74, 6) is 0.793. The van der Waals surface area contributed by atoms with E-state index in [0.717, 1.165) is 22.6 Å². The lowest BCUT2D eigenvalue weighted by atomic mass is 9.98. The third-order valence-electron chi connectivity index (χ3n) is 4.86. The molecule has 1 fully saturated rings. The summed E-state index contributed by atoms with van der Waals surface area (Å²) in [6.45, 7) is 2.07. The second-order valence-electron chi connectivity index (χ2n) is 7.03. The van der Waals surface area contributed by atoms with Gasteiger partial charge in [-0.1, -0.05) is 24.3 Å². The molecule has 1 heterocycles. The van der Waals surface area contributed by atoms with Gasteiger partial charge in [-0.05, 0) is 42.3 Å². The standard InChI is InChI=1S/C22H26O7/c1-22(24)20(28-13-16-6-10-18(26-3)11-7-16)19(29-21(22)23)14-27-12-15-4-8-17(25-2)9-5-15/h4-11,19-20,24H,12-14H2,1-3H3/t19-,20-,22+/m1/s1. The predicted octanol–water partition coefficient (Wildman–Crippen LogP) is 2.48. The molecule has 0 unspecified atom stereocenters. The lowest BCUT2D eigenvalue weighted by Gasteiger charge is -2.24. The molecule has 2 aromatic carbocycles. The topological polar surface area (TPSA) is 83.5 Å². The smallest absolute Gasteiger partial charge is 0.341 e. The Kier molecular flexibility index (Phi) is 6.74. The maximum atomic E-state index is 12.1. The zero-order chi connectivity index (χ0) is 20.9. The molecule has 0 amide bonds. The van der Waals surface area contributed by atoms with Crippen molar-refractivity contribution in [2.75, 3.05) is 20.8 Å². The number of rotatable bonds is 9. The van der Waals surface area contributed by atoms with Crippen molar-refractivity contribution in [3.8, 4) is 11.5 Å². The van der Waals surface area contributed by atoms with Gasteiger partial charge in [-0.2, -0.15) is 0 Å². The molecule has 1 aliphatic rings. The van der Waals surface area contributed by atoms with Crippen molar-refractivity contribution in [1.82, 2.24) is 0 Å². The maximum Gasteiger partial charge on any atom is 0.341 e. The minimum Gasteiger partial charge on any atom is -0.497 e. The third kappa shape index (κ3) is 5.06. The van der Waals surface area contributed by atoms with Crippen LogP contribution in [0.15, 0.2) is 48.5 Å². The molecule has 3 atom stereocenters. The van der Waals surface area contributed by atoms with Crippen LogP contribution in [-0.4, -0.2) is 49.7 Å². The van der Waals surface area contributed by atoms with Gasteiger partial charge in [0.1, 0.15) is 17.6 Å². The van der Waals surface area contributed by atoms with Crippen LogP contribution in [0.1, 0.15) is 18.1 Å². The van der Waals surface area contributed by atoms with Crippen molar-refractivity contribution in [3.63, 3.8) is 0 Å². The molecule has 3 rings (SSSR count). The van der Waals surface area contributed by atoms with Gasteiger partial charge in [0.2, 0.25) is 0 Å². The van der Waals surface area contributed by atoms with E-state index in [9.17, 15) is 9.90 Å². The first-order valence-corrected chi connectivity index (χ1v) is 9.32. The Bertz CT molecular complexity index is 799. The van der Waals surface area contributed by atoms with Crippen LogP contribution in [0.4, 0.5) is 0 Å². The summed E-state index contributed by atoms with van der Waals surface area (Å²) in [6.07, 6.45) is -1.54. The maximum absolute atomic E-state index is 12.1. The summed E-state index contributed by atoms with van der Waals surface area (Å²) >= 11 is 0. The van der Waals surface area contributed by atoms with E-state index in [4.69, 9.17) is 23.7 Å². The molecule has 1 aliphatic heterocycles. The van der Waals surface area contributed by atoms with Gasteiger partial charge in [0, 0.05) is 0 Å². The van der Waals surface area contributed by atoms with E-state index < -0.39 is 23.8 Å².